The van der Waals surface area contributed by atoms with Crippen LogP contribution in [-0.2, 0) is 26.2 Å². The fourth-order valence-electron chi connectivity index (χ4n) is 3.31. The number of halogens is 1. The van der Waals surface area contributed by atoms with Crippen LogP contribution < -0.4 is 14.4 Å². The topological polar surface area (TPSA) is 96.0 Å². The average Bonchev–Trinajstić information content (AvgIpc) is 2.80. The molecule has 0 aliphatic rings. The normalized spacial score (nSPS) is 12.0. The molecular weight excluding hydrogens is 522 g/mol. The van der Waals surface area contributed by atoms with Gasteiger partial charge in [0.15, 0.2) is 0 Å². The van der Waals surface area contributed by atoms with Crippen molar-refractivity contribution in [3.05, 3.63) is 58.6 Å². The van der Waals surface area contributed by atoms with Crippen LogP contribution in [0.5, 0.6) is 5.75 Å². The molecule has 2 aromatic rings. The van der Waals surface area contributed by atoms with E-state index in [2.05, 4.69) is 21.2 Å². The second-order valence-corrected chi connectivity index (χ2v) is 10.8. The van der Waals surface area contributed by atoms with Gasteiger partial charge in [-0.25, -0.2) is 8.42 Å². The molecule has 0 bridgehead atoms. The third kappa shape index (κ3) is 8.02. The first kappa shape index (κ1) is 27.7. The molecule has 0 saturated carbocycles. The minimum Gasteiger partial charge on any atom is -0.497 e. The Hall–Kier alpha value is -2.59. The van der Waals surface area contributed by atoms with Gasteiger partial charge in [0.1, 0.15) is 18.3 Å². The highest BCUT2D eigenvalue weighted by atomic mass is 79.9. The van der Waals surface area contributed by atoms with E-state index >= 15 is 0 Å². The van der Waals surface area contributed by atoms with E-state index in [0.29, 0.717) is 18.0 Å². The molecule has 10 heteroatoms. The van der Waals surface area contributed by atoms with Gasteiger partial charge in [-0.1, -0.05) is 41.4 Å². The van der Waals surface area contributed by atoms with E-state index in [1.165, 1.54) is 12.0 Å². The van der Waals surface area contributed by atoms with E-state index in [9.17, 15) is 18.0 Å². The van der Waals surface area contributed by atoms with Gasteiger partial charge in [-0.15, -0.1) is 0 Å². The maximum absolute atomic E-state index is 13.5. The molecular formula is C24H32BrN3O5S. The lowest BCUT2D eigenvalue weighted by Gasteiger charge is -2.31. The third-order valence-corrected chi connectivity index (χ3v) is 6.91. The number of hydrogen-bond donors (Lipinski definition) is 1. The van der Waals surface area contributed by atoms with Crippen LogP contribution in [0.4, 0.5) is 5.69 Å². The minimum absolute atomic E-state index is 0.154. The number of benzene rings is 2. The average molecular weight is 555 g/mol. The summed E-state index contributed by atoms with van der Waals surface area (Å²) in [7, 11) is -2.26. The molecule has 2 amide bonds. The van der Waals surface area contributed by atoms with E-state index in [4.69, 9.17) is 4.74 Å². The Balaban J connectivity index is 2.34. The molecule has 186 valence electrons. The second kappa shape index (κ2) is 12.8. The van der Waals surface area contributed by atoms with E-state index in [1.54, 1.807) is 31.2 Å². The summed E-state index contributed by atoms with van der Waals surface area (Å²) in [4.78, 5) is 27.7. The third-order valence-electron chi connectivity index (χ3n) is 5.28. The summed E-state index contributed by atoms with van der Waals surface area (Å²) in [6.07, 6.45) is 2.81. The SMILES string of the molecule is CCCCNC(=O)[C@H](C)N(Cc1cccc(Br)c1)C(=O)CN(c1ccc(OC)cc1)S(C)(=O)=O. The monoisotopic (exact) mass is 553 g/mol. The zero-order chi connectivity index (χ0) is 25.3. The maximum Gasteiger partial charge on any atom is 0.244 e. The number of amides is 2. The van der Waals surface area contributed by atoms with Gasteiger partial charge < -0.3 is 15.0 Å². The summed E-state index contributed by atoms with van der Waals surface area (Å²) in [6, 6.07) is 13.0. The van der Waals surface area contributed by atoms with Gasteiger partial charge in [0.2, 0.25) is 21.8 Å². The number of hydrogen-bond acceptors (Lipinski definition) is 5. The van der Waals surface area contributed by atoms with Crippen LogP contribution in [0, 0.1) is 0 Å². The van der Waals surface area contributed by atoms with Crippen molar-refractivity contribution in [1.29, 1.82) is 0 Å². The molecule has 34 heavy (non-hydrogen) atoms. The summed E-state index contributed by atoms with van der Waals surface area (Å²) in [5.74, 6) is -0.205. The smallest absolute Gasteiger partial charge is 0.244 e. The van der Waals surface area contributed by atoms with Crippen LogP contribution in [0.2, 0.25) is 0 Å². The molecule has 0 aromatic heterocycles. The molecule has 0 heterocycles. The Morgan fingerprint density at radius 1 is 1.15 bits per heavy atom. The van der Waals surface area contributed by atoms with E-state index in [-0.39, 0.29) is 12.5 Å². The molecule has 8 nitrogen and oxygen atoms in total. The van der Waals surface area contributed by atoms with Gasteiger partial charge in [-0.05, 0) is 55.3 Å². The lowest BCUT2D eigenvalue weighted by atomic mass is 10.1. The molecule has 0 aliphatic heterocycles. The zero-order valence-corrected chi connectivity index (χ0v) is 22.4. The Kier molecular flexibility index (Phi) is 10.4. The van der Waals surface area contributed by atoms with Gasteiger partial charge in [0.05, 0.1) is 19.1 Å². The van der Waals surface area contributed by atoms with Crippen molar-refractivity contribution in [2.75, 3.05) is 30.8 Å². The van der Waals surface area contributed by atoms with E-state index in [1.807, 2.05) is 31.2 Å². The number of methoxy groups -OCH3 is 1. The number of nitrogens with one attached hydrogen (secondary N) is 1. The number of carbonyl (C=O) groups excluding carboxylic acids is 2. The zero-order valence-electron chi connectivity index (χ0n) is 20.0. The fourth-order valence-corrected chi connectivity index (χ4v) is 4.61. The summed E-state index contributed by atoms with van der Waals surface area (Å²) in [5.41, 5.74) is 1.14. The quantitative estimate of drug-likeness (QED) is 0.405. The van der Waals surface area contributed by atoms with Gasteiger partial charge >= 0.3 is 0 Å². The predicted octanol–water partition coefficient (Wildman–Crippen LogP) is 3.56. The Morgan fingerprint density at radius 2 is 1.82 bits per heavy atom. The number of ether oxygens (including phenoxy) is 1. The van der Waals surface area contributed by atoms with E-state index < -0.39 is 28.5 Å². The molecule has 1 atom stereocenters. The number of anilines is 1. The minimum atomic E-state index is -3.77. The highest BCUT2D eigenvalue weighted by Crippen LogP contribution is 2.22. The van der Waals surface area contributed by atoms with Crippen molar-refractivity contribution in [3.63, 3.8) is 0 Å². The Bertz CT molecular complexity index is 1080. The number of nitrogens with zero attached hydrogens (tertiary/aromatic N) is 2. The number of rotatable bonds is 12. The summed E-state index contributed by atoms with van der Waals surface area (Å²) in [6.45, 7) is 3.90. The molecule has 0 fully saturated rings. The van der Waals surface area contributed by atoms with Crippen molar-refractivity contribution in [3.8, 4) is 5.75 Å². The Morgan fingerprint density at radius 3 is 2.38 bits per heavy atom. The van der Waals surface area contributed by atoms with Crippen LogP contribution in [0.15, 0.2) is 53.0 Å². The first-order valence-corrected chi connectivity index (χ1v) is 13.6. The highest BCUT2D eigenvalue weighted by molar-refractivity contribution is 9.10. The molecule has 0 spiro atoms. The Labute approximate surface area is 210 Å². The standard InChI is InChI=1S/C24H32BrN3O5S/c1-5-6-14-26-24(30)18(2)27(16-19-8-7-9-20(25)15-19)23(29)17-28(34(4,31)32)21-10-12-22(33-3)13-11-21/h7-13,15,18H,5-6,14,16-17H2,1-4H3,(H,26,30)/t18-/m0/s1. The molecule has 2 aromatic carbocycles. The number of carbonyl (C=O) groups is 2. The van der Waals surface area contributed by atoms with Crippen LogP contribution in [-0.4, -0.2) is 57.6 Å². The molecule has 0 aliphatic carbocycles. The van der Waals surface area contributed by atoms with Crippen LogP contribution in [0.25, 0.3) is 0 Å². The number of sulfonamides is 1. The maximum atomic E-state index is 13.5. The molecule has 0 saturated heterocycles. The first-order valence-electron chi connectivity index (χ1n) is 11.0. The van der Waals surface area contributed by atoms with Crippen molar-refractivity contribution in [1.82, 2.24) is 10.2 Å². The largest absolute Gasteiger partial charge is 0.497 e. The molecule has 1 N–H and O–H groups in total. The number of unbranched alkanes of at least 4 members (excludes halogenated alkanes) is 1. The van der Waals surface area contributed by atoms with Gasteiger partial charge in [0, 0.05) is 17.6 Å². The molecule has 0 unspecified atom stereocenters. The van der Waals surface area contributed by atoms with Crippen molar-refractivity contribution < 1.29 is 22.7 Å². The van der Waals surface area contributed by atoms with Gasteiger partial charge in [-0.3, -0.25) is 13.9 Å². The lowest BCUT2D eigenvalue weighted by Crippen LogP contribution is -2.51. The summed E-state index contributed by atoms with van der Waals surface area (Å²) < 4.78 is 32.1. The van der Waals surface area contributed by atoms with Gasteiger partial charge in [-0.2, -0.15) is 0 Å². The van der Waals surface area contributed by atoms with Crippen molar-refractivity contribution in [2.45, 2.75) is 39.3 Å². The predicted molar refractivity (Wildman–Crippen MR) is 137 cm³/mol. The van der Waals surface area contributed by atoms with Crippen LogP contribution in [0.1, 0.15) is 32.3 Å². The highest BCUT2D eigenvalue weighted by Gasteiger charge is 2.30. The fraction of sp³-hybridized carbons (Fsp3) is 0.417. The summed E-state index contributed by atoms with van der Waals surface area (Å²) >= 11 is 3.43. The molecule has 2 rings (SSSR count). The van der Waals surface area contributed by atoms with Gasteiger partial charge in [0.25, 0.3) is 0 Å². The lowest BCUT2D eigenvalue weighted by molar-refractivity contribution is -0.139. The van der Waals surface area contributed by atoms with Crippen LogP contribution >= 0.6 is 15.9 Å². The van der Waals surface area contributed by atoms with Crippen molar-refractivity contribution in [2.24, 2.45) is 0 Å². The van der Waals surface area contributed by atoms with Crippen LogP contribution in [0.3, 0.4) is 0 Å². The second-order valence-electron chi connectivity index (χ2n) is 7.94. The van der Waals surface area contributed by atoms with Crippen molar-refractivity contribution >= 4 is 43.5 Å². The summed E-state index contributed by atoms with van der Waals surface area (Å²) in [5, 5.41) is 2.86. The van der Waals surface area contributed by atoms with E-state index in [0.717, 1.165) is 33.4 Å². The molecule has 0 radical (unpaired) electrons. The first-order chi connectivity index (χ1) is 16.1.